The zero-order valence-corrected chi connectivity index (χ0v) is 6.62. The molecule has 0 aromatic rings. The molecule has 4 N–H and O–H groups in total. The number of hydrogen-bond acceptors (Lipinski definition) is 3. The molecule has 1 saturated heterocycles. The Morgan fingerprint density at radius 3 is 2.42 bits per heavy atom. The number of nitrogens with two attached hydrogens (primary N) is 1. The normalized spacial score (nSPS) is 15.2. The van der Waals surface area contributed by atoms with Crippen LogP contribution < -0.4 is 11.1 Å². The molecule has 1 aliphatic rings. The van der Waals surface area contributed by atoms with Crippen LogP contribution in [0.4, 0.5) is 0 Å². The highest BCUT2D eigenvalue weighted by Gasteiger charge is 2.05. The van der Waals surface area contributed by atoms with Gasteiger partial charge in [0.1, 0.15) is 0 Å². The van der Waals surface area contributed by atoms with Crippen molar-refractivity contribution in [3.63, 3.8) is 0 Å². The second-order valence-corrected chi connectivity index (χ2v) is 2.15. The summed E-state index contributed by atoms with van der Waals surface area (Å²) in [7, 11) is 0. The van der Waals surface area contributed by atoms with E-state index in [9.17, 15) is 9.59 Å². The molecule has 0 radical (unpaired) electrons. The van der Waals surface area contributed by atoms with Crippen LogP contribution in [-0.2, 0) is 9.59 Å². The van der Waals surface area contributed by atoms with Crippen molar-refractivity contribution in [2.45, 2.75) is 12.8 Å². The number of carboxylic acids is 1. The Hall–Kier alpha value is -1.52. The SMILES string of the molecule is N/C=C\C(=O)O.O=C1CCCN1. The minimum absolute atomic E-state index is 0.204. The third-order valence-corrected chi connectivity index (χ3v) is 1.14. The molecule has 0 unspecified atom stereocenters. The van der Waals surface area contributed by atoms with Crippen LogP contribution >= 0.6 is 0 Å². The fourth-order valence-corrected chi connectivity index (χ4v) is 0.647. The number of carbonyl (C=O) groups excluding carboxylic acids is 1. The first-order valence-corrected chi connectivity index (χ1v) is 3.54. The second-order valence-electron chi connectivity index (χ2n) is 2.15. The summed E-state index contributed by atoms with van der Waals surface area (Å²) >= 11 is 0. The van der Waals surface area contributed by atoms with E-state index in [1.54, 1.807) is 0 Å². The molecule has 1 aliphatic heterocycles. The Morgan fingerprint density at radius 2 is 2.33 bits per heavy atom. The molecule has 0 saturated carbocycles. The number of rotatable bonds is 1. The van der Waals surface area contributed by atoms with Gasteiger partial charge in [-0.15, -0.1) is 0 Å². The standard InChI is InChI=1S/C4H7NO.C3H5NO2/c6-4-2-1-3-5-4;4-2-1-3(5)6/h1-3H2,(H,5,6);1-2H,4H2,(H,5,6)/b;2-1-. The third-order valence-electron chi connectivity index (χ3n) is 1.14. The van der Waals surface area contributed by atoms with Crippen LogP contribution in [0.5, 0.6) is 0 Å². The number of aliphatic carboxylic acids is 1. The molecule has 68 valence electrons. The Labute approximate surface area is 70.2 Å². The van der Waals surface area contributed by atoms with Crippen molar-refractivity contribution in [3.05, 3.63) is 12.3 Å². The van der Waals surface area contributed by atoms with Crippen LogP contribution in [0.15, 0.2) is 12.3 Å². The topological polar surface area (TPSA) is 92.4 Å². The van der Waals surface area contributed by atoms with Gasteiger partial charge in [-0.05, 0) is 6.42 Å². The van der Waals surface area contributed by atoms with Gasteiger partial charge in [-0.2, -0.15) is 0 Å². The smallest absolute Gasteiger partial charge is 0.329 e. The van der Waals surface area contributed by atoms with Crippen molar-refractivity contribution < 1.29 is 14.7 Å². The van der Waals surface area contributed by atoms with Crippen molar-refractivity contribution in [1.29, 1.82) is 0 Å². The van der Waals surface area contributed by atoms with Gasteiger partial charge < -0.3 is 16.2 Å². The predicted molar refractivity (Wildman–Crippen MR) is 43.2 cm³/mol. The number of amides is 1. The summed E-state index contributed by atoms with van der Waals surface area (Å²) in [6, 6.07) is 0. The van der Waals surface area contributed by atoms with Crippen molar-refractivity contribution in [2.75, 3.05) is 6.54 Å². The summed E-state index contributed by atoms with van der Waals surface area (Å²) in [6.07, 6.45) is 3.60. The van der Waals surface area contributed by atoms with Crippen LogP contribution in [0.1, 0.15) is 12.8 Å². The summed E-state index contributed by atoms with van der Waals surface area (Å²) in [5, 5.41) is 10.4. The van der Waals surface area contributed by atoms with Gasteiger partial charge in [-0.25, -0.2) is 4.79 Å². The molecule has 1 rings (SSSR count). The van der Waals surface area contributed by atoms with Crippen molar-refractivity contribution in [1.82, 2.24) is 5.32 Å². The first kappa shape index (κ1) is 10.5. The second kappa shape index (κ2) is 6.21. The molecule has 0 aromatic carbocycles. The van der Waals surface area contributed by atoms with E-state index in [0.717, 1.165) is 31.7 Å². The zero-order valence-electron chi connectivity index (χ0n) is 6.62. The zero-order chi connectivity index (χ0) is 9.40. The average Bonchev–Trinajstić information content (AvgIpc) is 2.40. The molecule has 0 aromatic heterocycles. The van der Waals surface area contributed by atoms with Crippen LogP contribution in [0.25, 0.3) is 0 Å². The van der Waals surface area contributed by atoms with E-state index < -0.39 is 5.97 Å². The van der Waals surface area contributed by atoms with E-state index >= 15 is 0 Å². The lowest BCUT2D eigenvalue weighted by molar-refractivity contribution is -0.131. The highest BCUT2D eigenvalue weighted by molar-refractivity contribution is 5.79. The number of hydrogen-bond donors (Lipinski definition) is 3. The molecule has 5 nitrogen and oxygen atoms in total. The highest BCUT2D eigenvalue weighted by Crippen LogP contribution is 1.93. The monoisotopic (exact) mass is 172 g/mol. The maximum atomic E-state index is 10.1. The molecule has 0 spiro atoms. The van der Waals surface area contributed by atoms with Crippen molar-refractivity contribution in [3.8, 4) is 0 Å². The van der Waals surface area contributed by atoms with Crippen LogP contribution in [0, 0.1) is 0 Å². The van der Waals surface area contributed by atoms with E-state index in [-0.39, 0.29) is 5.91 Å². The highest BCUT2D eigenvalue weighted by atomic mass is 16.4. The molecule has 12 heavy (non-hydrogen) atoms. The summed E-state index contributed by atoms with van der Waals surface area (Å²) < 4.78 is 0. The molecular formula is C7H12N2O3. The Kier molecular flexibility index (Phi) is 5.42. The number of nitrogens with one attached hydrogen (secondary N) is 1. The van der Waals surface area contributed by atoms with Gasteiger partial charge in [0.25, 0.3) is 0 Å². The van der Waals surface area contributed by atoms with Gasteiger partial charge >= 0.3 is 5.97 Å². The molecule has 1 heterocycles. The third kappa shape index (κ3) is 6.60. The van der Waals surface area contributed by atoms with Crippen LogP contribution in [0.3, 0.4) is 0 Å². The molecule has 5 heteroatoms. The summed E-state index contributed by atoms with van der Waals surface area (Å²) in [5.41, 5.74) is 4.67. The number of carbonyl (C=O) groups is 2. The lowest BCUT2D eigenvalue weighted by Gasteiger charge is -1.80. The molecule has 1 amide bonds. The van der Waals surface area contributed by atoms with Gasteiger partial charge in [-0.3, -0.25) is 4.79 Å². The Morgan fingerprint density at radius 1 is 1.67 bits per heavy atom. The minimum atomic E-state index is -1.02. The van der Waals surface area contributed by atoms with E-state index in [1.165, 1.54) is 0 Å². The Balaban J connectivity index is 0.000000202. The van der Waals surface area contributed by atoms with E-state index in [2.05, 4.69) is 11.1 Å². The summed E-state index contributed by atoms with van der Waals surface area (Å²) in [4.78, 5) is 19.6. The van der Waals surface area contributed by atoms with Gasteiger partial charge in [0.2, 0.25) is 5.91 Å². The number of carboxylic acid groups (broad SMARTS) is 1. The fraction of sp³-hybridized carbons (Fsp3) is 0.429. The lowest BCUT2D eigenvalue weighted by Crippen LogP contribution is -2.12. The maximum absolute atomic E-state index is 10.1. The molecular weight excluding hydrogens is 160 g/mol. The molecule has 0 bridgehead atoms. The summed E-state index contributed by atoms with van der Waals surface area (Å²) in [6.45, 7) is 0.888. The molecule has 0 aliphatic carbocycles. The van der Waals surface area contributed by atoms with E-state index in [0.29, 0.717) is 0 Å². The summed E-state index contributed by atoms with van der Waals surface area (Å²) in [5.74, 6) is -0.812. The van der Waals surface area contributed by atoms with Gasteiger partial charge in [0, 0.05) is 25.2 Å². The first-order valence-electron chi connectivity index (χ1n) is 3.54. The first-order chi connectivity index (χ1) is 5.66. The lowest BCUT2D eigenvalue weighted by atomic mass is 10.4. The molecule has 0 atom stereocenters. The maximum Gasteiger partial charge on any atom is 0.329 e. The van der Waals surface area contributed by atoms with Crippen molar-refractivity contribution in [2.24, 2.45) is 5.73 Å². The average molecular weight is 172 g/mol. The van der Waals surface area contributed by atoms with Gasteiger partial charge in [-0.1, -0.05) is 0 Å². The quantitative estimate of drug-likeness (QED) is 0.462. The molecule has 1 fully saturated rings. The van der Waals surface area contributed by atoms with Crippen molar-refractivity contribution >= 4 is 11.9 Å². The fourth-order valence-electron chi connectivity index (χ4n) is 0.647. The van der Waals surface area contributed by atoms with Gasteiger partial charge in [0.05, 0.1) is 0 Å². The minimum Gasteiger partial charge on any atom is -0.478 e. The van der Waals surface area contributed by atoms with E-state index in [1.807, 2.05) is 0 Å². The van der Waals surface area contributed by atoms with Gasteiger partial charge in [0.15, 0.2) is 0 Å². The largest absolute Gasteiger partial charge is 0.478 e. The van der Waals surface area contributed by atoms with Crippen LogP contribution in [-0.4, -0.2) is 23.5 Å². The predicted octanol–water partition coefficient (Wildman–Crippen LogP) is -0.560. The Bertz CT molecular complexity index is 181. The van der Waals surface area contributed by atoms with Crippen LogP contribution in [0.2, 0.25) is 0 Å². The van der Waals surface area contributed by atoms with E-state index in [4.69, 9.17) is 5.11 Å².